The van der Waals surface area contributed by atoms with E-state index in [1.165, 1.54) is 0 Å². The van der Waals surface area contributed by atoms with Crippen molar-refractivity contribution in [1.82, 2.24) is 10.3 Å². The van der Waals surface area contributed by atoms with E-state index in [1.54, 1.807) is 19.5 Å². The van der Waals surface area contributed by atoms with Gasteiger partial charge in [-0.2, -0.15) is 0 Å². The van der Waals surface area contributed by atoms with E-state index >= 15 is 0 Å². The quantitative estimate of drug-likeness (QED) is 0.760. The Morgan fingerprint density at radius 3 is 2.36 bits per heavy atom. The second-order valence-electron chi connectivity index (χ2n) is 6.21. The van der Waals surface area contributed by atoms with Crippen LogP contribution in [0.15, 0.2) is 60.9 Å². The molecule has 2 aromatic carbocycles. The Bertz CT molecular complexity index is 877. The fourth-order valence-corrected chi connectivity index (χ4v) is 2.86. The Kier molecular flexibility index (Phi) is 4.98. The van der Waals surface area contributed by atoms with Crippen molar-refractivity contribution in [2.75, 3.05) is 7.11 Å². The number of rotatable bonds is 5. The van der Waals surface area contributed by atoms with Crippen molar-refractivity contribution in [2.45, 2.75) is 25.8 Å². The van der Waals surface area contributed by atoms with Crippen molar-refractivity contribution >= 4 is 16.7 Å². The van der Waals surface area contributed by atoms with Gasteiger partial charge in [0, 0.05) is 12.4 Å². The molecule has 0 fully saturated rings. The molecule has 128 valence electrons. The van der Waals surface area contributed by atoms with E-state index in [2.05, 4.69) is 16.4 Å². The molecule has 0 aliphatic carbocycles. The van der Waals surface area contributed by atoms with Gasteiger partial charge in [0.2, 0.25) is 5.91 Å². The SMILES string of the molecule is COc1ccc2cc(C(C)C(=O)NC(C)c3ccncc3)ccc2c1. The van der Waals surface area contributed by atoms with Crippen LogP contribution in [0.4, 0.5) is 0 Å². The van der Waals surface area contributed by atoms with E-state index in [-0.39, 0.29) is 17.9 Å². The van der Waals surface area contributed by atoms with Crippen LogP contribution in [0, 0.1) is 0 Å². The summed E-state index contributed by atoms with van der Waals surface area (Å²) in [6.07, 6.45) is 3.47. The summed E-state index contributed by atoms with van der Waals surface area (Å²) in [7, 11) is 1.66. The summed E-state index contributed by atoms with van der Waals surface area (Å²) in [5.41, 5.74) is 2.04. The second kappa shape index (κ2) is 7.34. The summed E-state index contributed by atoms with van der Waals surface area (Å²) >= 11 is 0. The van der Waals surface area contributed by atoms with Gasteiger partial charge in [-0.1, -0.05) is 24.3 Å². The molecule has 0 aliphatic heterocycles. The van der Waals surface area contributed by atoms with Crippen LogP contribution in [-0.4, -0.2) is 18.0 Å². The number of nitrogens with zero attached hydrogens (tertiary/aromatic N) is 1. The van der Waals surface area contributed by atoms with E-state index < -0.39 is 0 Å². The Morgan fingerprint density at radius 2 is 1.64 bits per heavy atom. The molecular formula is C21H22N2O2. The van der Waals surface area contributed by atoms with Crippen LogP contribution in [0.25, 0.3) is 10.8 Å². The summed E-state index contributed by atoms with van der Waals surface area (Å²) < 4.78 is 5.26. The Balaban J connectivity index is 1.76. The smallest absolute Gasteiger partial charge is 0.227 e. The molecule has 1 amide bonds. The minimum absolute atomic E-state index is 0.0113. The fourth-order valence-electron chi connectivity index (χ4n) is 2.86. The minimum atomic E-state index is -0.226. The van der Waals surface area contributed by atoms with E-state index in [0.717, 1.165) is 27.6 Å². The molecule has 1 heterocycles. The molecule has 25 heavy (non-hydrogen) atoms. The molecule has 4 heteroatoms. The third-order valence-electron chi connectivity index (χ3n) is 4.53. The number of methoxy groups -OCH3 is 1. The van der Waals surface area contributed by atoms with Crippen LogP contribution in [-0.2, 0) is 4.79 Å². The summed E-state index contributed by atoms with van der Waals surface area (Å²) in [4.78, 5) is 16.6. The standard InChI is InChI=1S/C21H22N2O2/c1-14(21(24)23-15(2)16-8-10-22-11-9-16)17-4-5-19-13-20(25-3)7-6-18(19)12-17/h4-15H,1-3H3,(H,23,24). The number of benzene rings is 2. The van der Waals surface area contributed by atoms with Gasteiger partial charge in [0.25, 0.3) is 0 Å². The Hall–Kier alpha value is -2.88. The molecular weight excluding hydrogens is 312 g/mol. The van der Waals surface area contributed by atoms with Crippen molar-refractivity contribution < 1.29 is 9.53 Å². The first kappa shape index (κ1) is 17.0. The van der Waals surface area contributed by atoms with E-state index in [4.69, 9.17) is 4.74 Å². The molecule has 3 aromatic rings. The van der Waals surface area contributed by atoms with Gasteiger partial charge in [-0.3, -0.25) is 9.78 Å². The van der Waals surface area contributed by atoms with Crippen LogP contribution < -0.4 is 10.1 Å². The van der Waals surface area contributed by atoms with Crippen LogP contribution in [0.5, 0.6) is 5.75 Å². The lowest BCUT2D eigenvalue weighted by atomic mass is 9.96. The Morgan fingerprint density at radius 1 is 0.960 bits per heavy atom. The monoisotopic (exact) mass is 334 g/mol. The average molecular weight is 334 g/mol. The van der Waals surface area contributed by atoms with Crippen molar-refractivity contribution in [3.63, 3.8) is 0 Å². The van der Waals surface area contributed by atoms with Gasteiger partial charge in [-0.15, -0.1) is 0 Å². The molecule has 0 aliphatic rings. The number of hydrogen-bond donors (Lipinski definition) is 1. The number of pyridine rings is 1. The molecule has 0 spiro atoms. The highest BCUT2D eigenvalue weighted by Crippen LogP contribution is 2.25. The molecule has 1 aromatic heterocycles. The number of ether oxygens (including phenoxy) is 1. The molecule has 0 saturated heterocycles. The van der Waals surface area contributed by atoms with Crippen molar-refractivity contribution in [3.8, 4) is 5.75 Å². The summed E-state index contributed by atoms with van der Waals surface area (Å²) in [6, 6.07) is 15.8. The summed E-state index contributed by atoms with van der Waals surface area (Å²) in [5, 5.41) is 5.27. The number of amides is 1. The zero-order valence-corrected chi connectivity index (χ0v) is 14.7. The molecule has 4 nitrogen and oxygen atoms in total. The van der Waals surface area contributed by atoms with Gasteiger partial charge in [0.15, 0.2) is 0 Å². The van der Waals surface area contributed by atoms with Crippen LogP contribution >= 0.6 is 0 Å². The first-order valence-electron chi connectivity index (χ1n) is 8.36. The van der Waals surface area contributed by atoms with Crippen molar-refractivity contribution in [3.05, 3.63) is 72.1 Å². The number of nitrogens with one attached hydrogen (secondary N) is 1. The number of aromatic nitrogens is 1. The maximum Gasteiger partial charge on any atom is 0.227 e. The molecule has 2 atom stereocenters. The number of carbonyl (C=O) groups is 1. The normalized spacial score (nSPS) is 13.2. The van der Waals surface area contributed by atoms with Gasteiger partial charge >= 0.3 is 0 Å². The zero-order chi connectivity index (χ0) is 17.8. The van der Waals surface area contributed by atoms with Crippen molar-refractivity contribution in [2.24, 2.45) is 0 Å². The van der Waals surface area contributed by atoms with Crippen molar-refractivity contribution in [1.29, 1.82) is 0 Å². The van der Waals surface area contributed by atoms with E-state index in [1.807, 2.05) is 56.3 Å². The van der Waals surface area contributed by atoms with Gasteiger partial charge in [0.05, 0.1) is 19.1 Å². The third-order valence-corrected chi connectivity index (χ3v) is 4.53. The number of hydrogen-bond acceptors (Lipinski definition) is 3. The molecule has 0 saturated carbocycles. The topological polar surface area (TPSA) is 51.2 Å². The lowest BCUT2D eigenvalue weighted by Crippen LogP contribution is -2.30. The zero-order valence-electron chi connectivity index (χ0n) is 14.7. The predicted molar refractivity (Wildman–Crippen MR) is 99.7 cm³/mol. The van der Waals surface area contributed by atoms with Gasteiger partial charge in [0.1, 0.15) is 5.75 Å². The third kappa shape index (κ3) is 3.79. The highest BCUT2D eigenvalue weighted by atomic mass is 16.5. The van der Waals surface area contributed by atoms with Gasteiger partial charge in [-0.05, 0) is 60.0 Å². The lowest BCUT2D eigenvalue weighted by Gasteiger charge is -2.18. The minimum Gasteiger partial charge on any atom is -0.497 e. The van der Waals surface area contributed by atoms with E-state index in [0.29, 0.717) is 0 Å². The maximum absolute atomic E-state index is 12.6. The first-order chi connectivity index (χ1) is 12.1. The molecule has 0 bridgehead atoms. The van der Waals surface area contributed by atoms with Crippen LogP contribution in [0.3, 0.4) is 0 Å². The molecule has 3 rings (SSSR count). The maximum atomic E-state index is 12.6. The lowest BCUT2D eigenvalue weighted by molar-refractivity contribution is -0.122. The van der Waals surface area contributed by atoms with Gasteiger partial charge in [-0.25, -0.2) is 0 Å². The largest absolute Gasteiger partial charge is 0.497 e. The average Bonchev–Trinajstić information content (AvgIpc) is 2.67. The summed E-state index contributed by atoms with van der Waals surface area (Å²) in [5.74, 6) is 0.616. The molecule has 2 unspecified atom stereocenters. The first-order valence-corrected chi connectivity index (χ1v) is 8.36. The van der Waals surface area contributed by atoms with Crippen LogP contribution in [0.1, 0.15) is 36.9 Å². The van der Waals surface area contributed by atoms with E-state index in [9.17, 15) is 4.79 Å². The highest BCUT2D eigenvalue weighted by molar-refractivity contribution is 5.88. The molecule has 1 N–H and O–H groups in total. The second-order valence-corrected chi connectivity index (χ2v) is 6.21. The number of carbonyl (C=O) groups excluding carboxylic acids is 1. The predicted octanol–water partition coefficient (Wildman–Crippen LogP) is 4.22. The summed E-state index contributed by atoms with van der Waals surface area (Å²) in [6.45, 7) is 3.91. The fraction of sp³-hybridized carbons (Fsp3) is 0.238. The van der Waals surface area contributed by atoms with Crippen LogP contribution in [0.2, 0.25) is 0 Å². The molecule has 0 radical (unpaired) electrons. The number of fused-ring (bicyclic) bond motifs is 1. The van der Waals surface area contributed by atoms with Gasteiger partial charge < -0.3 is 10.1 Å². The Labute approximate surface area is 147 Å². The highest BCUT2D eigenvalue weighted by Gasteiger charge is 2.18.